The Hall–Kier alpha value is -1.64. The first-order valence-corrected chi connectivity index (χ1v) is 11.8. The third kappa shape index (κ3) is 3.02. The molecule has 0 radical (unpaired) electrons. The molecule has 3 fully saturated rings. The monoisotopic (exact) mass is 377 g/mol. The van der Waals surface area contributed by atoms with Crippen LogP contribution in [-0.2, 0) is 18.4 Å². The summed E-state index contributed by atoms with van der Waals surface area (Å²) in [6, 6.07) is 8.86. The molecule has 1 aromatic heterocycles. The topological polar surface area (TPSA) is 30.7 Å². The summed E-state index contributed by atoms with van der Waals surface area (Å²) >= 11 is 0. The van der Waals surface area contributed by atoms with Crippen molar-refractivity contribution >= 4 is 0 Å². The van der Waals surface area contributed by atoms with Gasteiger partial charge in [0.05, 0.1) is 0 Å². The Balaban J connectivity index is 1.44. The molecule has 1 aromatic carbocycles. The highest BCUT2D eigenvalue weighted by Crippen LogP contribution is 2.59. The van der Waals surface area contributed by atoms with E-state index < -0.39 is 0 Å². The van der Waals surface area contributed by atoms with Gasteiger partial charge in [0.15, 0.2) is 5.82 Å². The van der Waals surface area contributed by atoms with Crippen molar-refractivity contribution in [3.05, 3.63) is 35.7 Å². The Morgan fingerprint density at radius 2 is 1.71 bits per heavy atom. The summed E-state index contributed by atoms with van der Waals surface area (Å²) in [6.07, 6.45) is 17.5. The summed E-state index contributed by atoms with van der Waals surface area (Å²) in [5, 5.41) is 9.66. The predicted molar refractivity (Wildman–Crippen MR) is 114 cm³/mol. The fourth-order valence-electron chi connectivity index (χ4n) is 6.37. The van der Waals surface area contributed by atoms with Gasteiger partial charge in [-0.25, -0.2) is 0 Å². The highest BCUT2D eigenvalue weighted by molar-refractivity contribution is 5.61. The highest BCUT2D eigenvalue weighted by atomic mass is 15.3. The van der Waals surface area contributed by atoms with Crippen LogP contribution in [0.15, 0.2) is 24.3 Å². The van der Waals surface area contributed by atoms with E-state index in [4.69, 9.17) is 10.2 Å². The van der Waals surface area contributed by atoms with Crippen LogP contribution in [0.1, 0.15) is 95.4 Å². The van der Waals surface area contributed by atoms with Crippen LogP contribution in [0, 0.1) is 5.41 Å². The van der Waals surface area contributed by atoms with Crippen molar-refractivity contribution in [1.29, 1.82) is 0 Å². The number of hydrogen-bond donors (Lipinski definition) is 0. The highest BCUT2D eigenvalue weighted by Gasteiger charge is 2.51. The van der Waals surface area contributed by atoms with Crippen LogP contribution in [-0.4, -0.2) is 14.8 Å². The van der Waals surface area contributed by atoms with Gasteiger partial charge in [-0.3, -0.25) is 0 Å². The van der Waals surface area contributed by atoms with Gasteiger partial charge < -0.3 is 4.57 Å². The van der Waals surface area contributed by atoms with Crippen molar-refractivity contribution in [1.82, 2.24) is 14.8 Å². The number of fused-ring (bicyclic) bond motifs is 6. The maximum atomic E-state index is 4.88. The van der Waals surface area contributed by atoms with Gasteiger partial charge in [-0.05, 0) is 75.2 Å². The van der Waals surface area contributed by atoms with Crippen LogP contribution >= 0.6 is 0 Å². The normalized spacial score (nSPS) is 29.0. The maximum Gasteiger partial charge on any atom is 0.164 e. The lowest BCUT2D eigenvalue weighted by Crippen LogP contribution is -2.45. The first kappa shape index (κ1) is 18.4. The smallest absolute Gasteiger partial charge is 0.164 e. The minimum absolute atomic E-state index is 0.298. The maximum absolute atomic E-state index is 4.88. The number of aryl methyl sites for hydroxylation is 1. The van der Waals surface area contributed by atoms with Crippen molar-refractivity contribution in [3.63, 3.8) is 0 Å². The molecule has 0 N–H and O–H groups in total. The fourth-order valence-corrected chi connectivity index (χ4v) is 6.37. The summed E-state index contributed by atoms with van der Waals surface area (Å²) in [5.74, 6) is 2.45. The molecule has 2 bridgehead atoms. The molecule has 6 rings (SSSR count). The van der Waals surface area contributed by atoms with Crippen molar-refractivity contribution in [2.75, 3.05) is 0 Å². The molecule has 3 nitrogen and oxygen atoms in total. The molecule has 28 heavy (non-hydrogen) atoms. The molecular formula is C25H35N3. The molecule has 0 unspecified atom stereocenters. The third-order valence-electron chi connectivity index (χ3n) is 8.27. The van der Waals surface area contributed by atoms with Gasteiger partial charge in [-0.15, -0.1) is 10.2 Å². The molecule has 2 heterocycles. The van der Waals surface area contributed by atoms with E-state index in [0.29, 0.717) is 10.8 Å². The molecule has 0 spiro atoms. The van der Waals surface area contributed by atoms with E-state index in [1.807, 2.05) is 0 Å². The molecule has 150 valence electrons. The lowest BCUT2D eigenvalue weighted by atomic mass is 9.52. The molecule has 3 heteroatoms. The molecule has 3 saturated carbocycles. The number of rotatable bonds is 5. The zero-order valence-corrected chi connectivity index (χ0v) is 17.6. The van der Waals surface area contributed by atoms with Crippen molar-refractivity contribution < 1.29 is 0 Å². The standard InChI is InChI=1S/C25H35N3/c1-2-3-7-12-24-13-16-25(17-14-24,18-15-24)23-27-26-22-21-11-5-4-9-20(21)10-6-8-19-28(22)23/h4-5,9,11H,2-3,6-8,10,12-19H2,1H3. The van der Waals surface area contributed by atoms with Crippen LogP contribution in [0.4, 0.5) is 0 Å². The summed E-state index contributed by atoms with van der Waals surface area (Å²) < 4.78 is 2.52. The third-order valence-corrected chi connectivity index (χ3v) is 8.27. The van der Waals surface area contributed by atoms with Crippen LogP contribution in [0.25, 0.3) is 11.4 Å². The van der Waals surface area contributed by atoms with Crippen LogP contribution in [0.5, 0.6) is 0 Å². The Bertz CT molecular complexity index is 810. The lowest BCUT2D eigenvalue weighted by molar-refractivity contribution is 0.0245. The Morgan fingerprint density at radius 3 is 2.50 bits per heavy atom. The zero-order valence-electron chi connectivity index (χ0n) is 17.6. The number of unbranched alkanes of at least 4 members (excludes halogenated alkanes) is 2. The molecular weight excluding hydrogens is 342 g/mol. The first-order valence-electron chi connectivity index (χ1n) is 11.8. The summed E-state index contributed by atoms with van der Waals surface area (Å²) in [6.45, 7) is 3.41. The van der Waals surface area contributed by atoms with E-state index >= 15 is 0 Å². The van der Waals surface area contributed by atoms with Gasteiger partial charge >= 0.3 is 0 Å². The van der Waals surface area contributed by atoms with E-state index in [-0.39, 0.29) is 0 Å². The largest absolute Gasteiger partial charge is 0.311 e. The second-order valence-electron chi connectivity index (χ2n) is 9.85. The van der Waals surface area contributed by atoms with Gasteiger partial charge in [0, 0.05) is 17.5 Å². The molecule has 0 amide bonds. The van der Waals surface area contributed by atoms with E-state index in [2.05, 4.69) is 35.8 Å². The minimum atomic E-state index is 0.298. The average molecular weight is 378 g/mol. The molecule has 0 saturated heterocycles. The molecule has 3 aliphatic carbocycles. The Labute approximate surface area is 170 Å². The predicted octanol–water partition coefficient (Wildman–Crippen LogP) is 6.45. The number of hydrogen-bond acceptors (Lipinski definition) is 2. The van der Waals surface area contributed by atoms with Crippen LogP contribution in [0.2, 0.25) is 0 Å². The summed E-state index contributed by atoms with van der Waals surface area (Å²) in [7, 11) is 0. The van der Waals surface area contributed by atoms with E-state index in [0.717, 1.165) is 12.4 Å². The van der Waals surface area contributed by atoms with Crippen LogP contribution < -0.4 is 0 Å². The van der Waals surface area contributed by atoms with Gasteiger partial charge in [0.25, 0.3) is 0 Å². The molecule has 2 aromatic rings. The van der Waals surface area contributed by atoms with Crippen LogP contribution in [0.3, 0.4) is 0 Å². The number of aromatic nitrogens is 3. The second kappa shape index (κ2) is 7.31. The molecule has 1 aliphatic heterocycles. The summed E-state index contributed by atoms with van der Waals surface area (Å²) in [5.41, 5.74) is 3.72. The number of benzene rings is 1. The first-order chi connectivity index (χ1) is 13.8. The van der Waals surface area contributed by atoms with Crippen molar-refractivity contribution in [2.45, 2.75) is 102 Å². The SMILES string of the molecule is CCCCCC12CCC(c3nnc4n3CCCCc3ccccc3-4)(CC1)CC2. The van der Waals surface area contributed by atoms with E-state index in [9.17, 15) is 0 Å². The van der Waals surface area contributed by atoms with Gasteiger partial charge in [-0.1, -0.05) is 50.5 Å². The van der Waals surface area contributed by atoms with Gasteiger partial charge in [-0.2, -0.15) is 0 Å². The fraction of sp³-hybridized carbons (Fsp3) is 0.680. The van der Waals surface area contributed by atoms with E-state index in [1.54, 1.807) is 0 Å². The average Bonchev–Trinajstić information content (AvgIpc) is 3.15. The molecule has 4 aliphatic rings. The zero-order chi connectivity index (χ0) is 19.0. The molecule has 0 atom stereocenters. The second-order valence-corrected chi connectivity index (χ2v) is 9.85. The Kier molecular flexibility index (Phi) is 4.80. The van der Waals surface area contributed by atoms with Crippen molar-refractivity contribution in [2.24, 2.45) is 5.41 Å². The van der Waals surface area contributed by atoms with Gasteiger partial charge in [0.2, 0.25) is 0 Å². The number of nitrogens with zero attached hydrogens (tertiary/aromatic N) is 3. The minimum Gasteiger partial charge on any atom is -0.311 e. The lowest BCUT2D eigenvalue weighted by Gasteiger charge is -2.53. The van der Waals surface area contributed by atoms with E-state index in [1.165, 1.54) is 100 Å². The Morgan fingerprint density at radius 1 is 0.929 bits per heavy atom. The van der Waals surface area contributed by atoms with Gasteiger partial charge in [0.1, 0.15) is 5.82 Å². The summed E-state index contributed by atoms with van der Waals surface area (Å²) in [4.78, 5) is 0. The van der Waals surface area contributed by atoms with Crippen molar-refractivity contribution in [3.8, 4) is 11.4 Å². The quantitative estimate of drug-likeness (QED) is 0.560.